The topological polar surface area (TPSA) is 95.9 Å². The van der Waals surface area contributed by atoms with Gasteiger partial charge in [0.05, 0.1) is 17.7 Å². The van der Waals surface area contributed by atoms with Crippen LogP contribution in [0.5, 0.6) is 0 Å². The molecule has 0 unspecified atom stereocenters. The first-order valence-electron chi connectivity index (χ1n) is 5.73. The van der Waals surface area contributed by atoms with Gasteiger partial charge in [-0.25, -0.2) is 4.98 Å². The molecule has 0 atom stereocenters. The molecule has 0 amide bonds. The van der Waals surface area contributed by atoms with E-state index in [-0.39, 0.29) is 0 Å². The third kappa shape index (κ3) is 2.27. The average molecular weight is 243 g/mol. The van der Waals surface area contributed by atoms with Crippen molar-refractivity contribution < 1.29 is 0 Å². The predicted molar refractivity (Wildman–Crippen MR) is 73.0 cm³/mol. The summed E-state index contributed by atoms with van der Waals surface area (Å²) in [5, 5.41) is 0. The van der Waals surface area contributed by atoms with Crippen LogP contribution in [0.4, 0.5) is 0 Å². The van der Waals surface area contributed by atoms with E-state index in [4.69, 9.17) is 17.2 Å². The summed E-state index contributed by atoms with van der Waals surface area (Å²) in [6, 6.07) is 7.99. The summed E-state index contributed by atoms with van der Waals surface area (Å²) in [6.07, 6.45) is 4.90. The van der Waals surface area contributed by atoms with E-state index in [1.807, 2.05) is 28.8 Å². The van der Waals surface area contributed by atoms with E-state index in [1.165, 1.54) is 6.20 Å². The third-order valence-electron chi connectivity index (χ3n) is 2.80. The van der Waals surface area contributed by atoms with Gasteiger partial charge in [0.25, 0.3) is 0 Å². The Morgan fingerprint density at radius 2 is 1.83 bits per heavy atom. The number of nitrogens with zero attached hydrogens (tertiary/aromatic N) is 2. The van der Waals surface area contributed by atoms with Crippen LogP contribution in [0.1, 0.15) is 11.3 Å². The molecule has 5 heteroatoms. The molecule has 1 aromatic carbocycles. The Kier molecular flexibility index (Phi) is 3.76. The molecule has 94 valence electrons. The minimum absolute atomic E-state index is 0.401. The Morgan fingerprint density at radius 3 is 2.39 bits per heavy atom. The summed E-state index contributed by atoms with van der Waals surface area (Å²) in [5.74, 6) is 0. The molecular weight excluding hydrogens is 226 g/mol. The molecule has 5 nitrogen and oxygen atoms in total. The van der Waals surface area contributed by atoms with Gasteiger partial charge in [0.1, 0.15) is 0 Å². The van der Waals surface area contributed by atoms with Crippen LogP contribution in [-0.4, -0.2) is 9.55 Å². The standard InChI is InChI=1S/C13H17N5/c14-5-6-18-9-17-13(12(18)8-16)11-3-1-10(7-15)2-4-11/h1-6,9H,7-8,14-16H2/b6-5-. The minimum atomic E-state index is 0.401. The monoisotopic (exact) mass is 243 g/mol. The molecule has 0 aliphatic heterocycles. The SMILES string of the molecule is N/C=C\n1cnc(-c2ccc(CN)cc2)c1CN. The quantitative estimate of drug-likeness (QED) is 0.742. The maximum absolute atomic E-state index is 5.76. The zero-order valence-corrected chi connectivity index (χ0v) is 10.1. The summed E-state index contributed by atoms with van der Waals surface area (Å²) >= 11 is 0. The largest absolute Gasteiger partial charge is 0.403 e. The zero-order chi connectivity index (χ0) is 13.0. The van der Waals surface area contributed by atoms with Crippen LogP contribution in [0.25, 0.3) is 17.5 Å². The van der Waals surface area contributed by atoms with E-state index >= 15 is 0 Å². The number of benzene rings is 1. The molecule has 0 fully saturated rings. The Labute approximate surface area is 106 Å². The zero-order valence-electron chi connectivity index (χ0n) is 10.1. The van der Waals surface area contributed by atoms with Gasteiger partial charge in [0.2, 0.25) is 0 Å². The second-order valence-electron chi connectivity index (χ2n) is 3.89. The van der Waals surface area contributed by atoms with Crippen molar-refractivity contribution in [3.8, 4) is 11.3 Å². The summed E-state index contributed by atoms with van der Waals surface area (Å²) in [5.41, 5.74) is 20.6. The molecule has 2 rings (SSSR count). The van der Waals surface area contributed by atoms with Crippen LogP contribution in [0.2, 0.25) is 0 Å². The molecule has 0 spiro atoms. The number of nitrogens with two attached hydrogens (primary N) is 3. The van der Waals surface area contributed by atoms with Gasteiger partial charge < -0.3 is 21.8 Å². The maximum atomic E-state index is 5.76. The van der Waals surface area contributed by atoms with Gasteiger partial charge in [0.15, 0.2) is 0 Å². The van der Waals surface area contributed by atoms with Crippen molar-refractivity contribution in [3.05, 3.63) is 48.1 Å². The van der Waals surface area contributed by atoms with Crippen molar-refractivity contribution in [1.82, 2.24) is 9.55 Å². The van der Waals surface area contributed by atoms with Crippen LogP contribution in [0.15, 0.2) is 36.8 Å². The highest BCUT2D eigenvalue weighted by Gasteiger charge is 2.10. The lowest BCUT2D eigenvalue weighted by Crippen LogP contribution is -2.04. The van der Waals surface area contributed by atoms with Crippen molar-refractivity contribution >= 4 is 6.20 Å². The Balaban J connectivity index is 2.43. The smallest absolute Gasteiger partial charge is 0.0998 e. The second kappa shape index (κ2) is 5.48. The van der Waals surface area contributed by atoms with Crippen molar-refractivity contribution in [1.29, 1.82) is 0 Å². The van der Waals surface area contributed by atoms with E-state index in [2.05, 4.69) is 4.98 Å². The molecule has 0 bridgehead atoms. The summed E-state index contributed by atoms with van der Waals surface area (Å²) in [6.45, 7) is 0.937. The lowest BCUT2D eigenvalue weighted by Gasteiger charge is -2.04. The van der Waals surface area contributed by atoms with Crippen molar-refractivity contribution in [3.63, 3.8) is 0 Å². The van der Waals surface area contributed by atoms with Crippen molar-refractivity contribution in [2.75, 3.05) is 0 Å². The first kappa shape index (κ1) is 12.3. The average Bonchev–Trinajstić information content (AvgIpc) is 2.82. The highest BCUT2D eigenvalue weighted by molar-refractivity contribution is 5.63. The number of aromatic nitrogens is 2. The minimum Gasteiger partial charge on any atom is -0.403 e. The van der Waals surface area contributed by atoms with Crippen LogP contribution < -0.4 is 17.2 Å². The number of imidazole rings is 1. The van der Waals surface area contributed by atoms with Gasteiger partial charge >= 0.3 is 0 Å². The first-order valence-corrected chi connectivity index (χ1v) is 5.73. The number of rotatable bonds is 4. The van der Waals surface area contributed by atoms with E-state index in [1.54, 1.807) is 12.5 Å². The van der Waals surface area contributed by atoms with Gasteiger partial charge in [-0.3, -0.25) is 0 Å². The fraction of sp³-hybridized carbons (Fsp3) is 0.154. The number of hydrogen-bond donors (Lipinski definition) is 3. The van der Waals surface area contributed by atoms with Gasteiger partial charge in [-0.05, 0) is 5.56 Å². The summed E-state index contributed by atoms with van der Waals surface area (Å²) in [4.78, 5) is 4.38. The molecular formula is C13H17N5. The molecule has 0 aliphatic rings. The highest BCUT2D eigenvalue weighted by Crippen LogP contribution is 2.22. The lowest BCUT2D eigenvalue weighted by atomic mass is 10.1. The van der Waals surface area contributed by atoms with E-state index < -0.39 is 0 Å². The molecule has 0 saturated carbocycles. The van der Waals surface area contributed by atoms with Crippen LogP contribution in [0, 0.1) is 0 Å². The molecule has 0 saturated heterocycles. The molecule has 1 heterocycles. The molecule has 0 aliphatic carbocycles. The molecule has 0 radical (unpaired) electrons. The van der Waals surface area contributed by atoms with Crippen molar-refractivity contribution in [2.45, 2.75) is 13.1 Å². The number of hydrogen-bond acceptors (Lipinski definition) is 4. The van der Waals surface area contributed by atoms with Crippen LogP contribution >= 0.6 is 0 Å². The molecule has 6 N–H and O–H groups in total. The first-order chi connectivity index (χ1) is 8.80. The Hall–Kier alpha value is -2.11. The highest BCUT2D eigenvalue weighted by atomic mass is 15.1. The molecule has 18 heavy (non-hydrogen) atoms. The summed E-state index contributed by atoms with van der Waals surface area (Å²) in [7, 11) is 0. The van der Waals surface area contributed by atoms with Gasteiger partial charge in [-0.15, -0.1) is 0 Å². The fourth-order valence-corrected chi connectivity index (χ4v) is 1.85. The van der Waals surface area contributed by atoms with Crippen molar-refractivity contribution in [2.24, 2.45) is 17.2 Å². The van der Waals surface area contributed by atoms with Crippen LogP contribution in [0.3, 0.4) is 0 Å². The van der Waals surface area contributed by atoms with Crippen LogP contribution in [-0.2, 0) is 13.1 Å². The second-order valence-corrected chi connectivity index (χ2v) is 3.89. The molecule has 2 aromatic rings. The van der Waals surface area contributed by atoms with Gasteiger partial charge in [-0.2, -0.15) is 0 Å². The predicted octanol–water partition coefficient (Wildman–Crippen LogP) is 0.854. The Morgan fingerprint density at radius 1 is 1.11 bits per heavy atom. The fourth-order valence-electron chi connectivity index (χ4n) is 1.85. The van der Waals surface area contributed by atoms with Gasteiger partial charge in [0, 0.05) is 31.1 Å². The normalized spacial score (nSPS) is 11.2. The summed E-state index contributed by atoms with van der Waals surface area (Å²) < 4.78 is 1.83. The van der Waals surface area contributed by atoms with Gasteiger partial charge in [-0.1, -0.05) is 24.3 Å². The van der Waals surface area contributed by atoms with E-state index in [9.17, 15) is 0 Å². The Bertz CT molecular complexity index is 539. The maximum Gasteiger partial charge on any atom is 0.0998 e. The van der Waals surface area contributed by atoms with E-state index in [0.29, 0.717) is 13.1 Å². The molecule has 1 aromatic heterocycles. The van der Waals surface area contributed by atoms with E-state index in [0.717, 1.165) is 22.5 Å². The third-order valence-corrected chi connectivity index (χ3v) is 2.80. The lowest BCUT2D eigenvalue weighted by molar-refractivity contribution is 0.945.